The maximum atomic E-state index is 11.6. The molecule has 2 rings (SSSR count). The third-order valence-corrected chi connectivity index (χ3v) is 4.19. The van der Waals surface area contributed by atoms with E-state index >= 15 is 0 Å². The molecule has 3 nitrogen and oxygen atoms in total. The lowest BCUT2D eigenvalue weighted by molar-refractivity contribution is -0.125. The Hall–Kier alpha value is -1.35. The molecule has 1 saturated heterocycles. The second kappa shape index (κ2) is 6.71. The van der Waals surface area contributed by atoms with Gasteiger partial charge in [-0.1, -0.05) is 30.3 Å². The Morgan fingerprint density at radius 2 is 1.95 bits per heavy atom. The van der Waals surface area contributed by atoms with Crippen LogP contribution in [0.5, 0.6) is 0 Å². The molecule has 1 amide bonds. The summed E-state index contributed by atoms with van der Waals surface area (Å²) in [6.07, 6.45) is 3.55. The monoisotopic (exact) mass is 260 g/mol. The summed E-state index contributed by atoms with van der Waals surface area (Å²) in [5.41, 5.74) is 1.43. The van der Waals surface area contributed by atoms with Crippen LogP contribution in [-0.4, -0.2) is 37.0 Å². The summed E-state index contributed by atoms with van der Waals surface area (Å²) in [6.45, 7) is 4.06. The third-order valence-electron chi connectivity index (χ3n) is 4.19. The molecule has 1 heterocycles. The van der Waals surface area contributed by atoms with Gasteiger partial charge in [0.1, 0.15) is 0 Å². The minimum absolute atomic E-state index is 0.00248. The predicted molar refractivity (Wildman–Crippen MR) is 78.0 cm³/mol. The first-order valence-corrected chi connectivity index (χ1v) is 7.20. The van der Waals surface area contributed by atoms with Gasteiger partial charge in [-0.15, -0.1) is 0 Å². The molecule has 0 spiro atoms. The van der Waals surface area contributed by atoms with E-state index in [0.717, 1.165) is 19.0 Å². The molecule has 104 valence electrons. The normalized spacial score (nSPS) is 19.1. The second-order valence-electron chi connectivity index (χ2n) is 5.46. The van der Waals surface area contributed by atoms with E-state index in [4.69, 9.17) is 0 Å². The van der Waals surface area contributed by atoms with Gasteiger partial charge in [-0.3, -0.25) is 9.69 Å². The van der Waals surface area contributed by atoms with Gasteiger partial charge in [0.2, 0.25) is 5.91 Å². The van der Waals surface area contributed by atoms with Gasteiger partial charge < -0.3 is 5.32 Å². The highest BCUT2D eigenvalue weighted by Gasteiger charge is 2.25. The Morgan fingerprint density at radius 3 is 2.53 bits per heavy atom. The summed E-state index contributed by atoms with van der Waals surface area (Å²) in [6, 6.07) is 10.7. The largest absolute Gasteiger partial charge is 0.358 e. The molecule has 0 aliphatic carbocycles. The van der Waals surface area contributed by atoms with Crippen molar-refractivity contribution in [2.75, 3.05) is 20.1 Å². The van der Waals surface area contributed by atoms with Crippen LogP contribution in [0.25, 0.3) is 0 Å². The van der Waals surface area contributed by atoms with E-state index in [0.29, 0.717) is 0 Å². The number of rotatable bonds is 4. The number of amides is 1. The Labute approximate surface area is 116 Å². The average Bonchev–Trinajstić information content (AvgIpc) is 2.47. The van der Waals surface area contributed by atoms with Gasteiger partial charge in [0.25, 0.3) is 0 Å². The molecular weight excluding hydrogens is 236 g/mol. The van der Waals surface area contributed by atoms with Crippen molar-refractivity contribution in [2.45, 2.75) is 32.2 Å². The lowest BCUT2D eigenvalue weighted by Crippen LogP contribution is -2.47. The fraction of sp³-hybridized carbons (Fsp3) is 0.562. The molecule has 0 radical (unpaired) electrons. The number of nitrogens with zero attached hydrogens (tertiary/aromatic N) is 1. The molecular formula is C16H24N2O. The van der Waals surface area contributed by atoms with Crippen molar-refractivity contribution in [3.63, 3.8) is 0 Å². The number of benzene rings is 1. The molecule has 1 N–H and O–H groups in total. The molecule has 1 aromatic rings. The number of hydrogen-bond acceptors (Lipinski definition) is 2. The van der Waals surface area contributed by atoms with Crippen LogP contribution in [-0.2, 0) is 11.2 Å². The second-order valence-corrected chi connectivity index (χ2v) is 5.46. The molecule has 1 aliphatic rings. The molecule has 0 bridgehead atoms. The number of likely N-dealkylation sites (N-methyl/N-ethyl adjacent to an activating group) is 1. The lowest BCUT2D eigenvalue weighted by atomic mass is 9.89. The minimum atomic E-state index is 0.00248. The maximum Gasteiger partial charge on any atom is 0.236 e. The van der Waals surface area contributed by atoms with Gasteiger partial charge >= 0.3 is 0 Å². The van der Waals surface area contributed by atoms with Crippen LogP contribution in [0.2, 0.25) is 0 Å². The topological polar surface area (TPSA) is 32.3 Å². The summed E-state index contributed by atoms with van der Waals surface area (Å²) in [5, 5.41) is 2.73. The van der Waals surface area contributed by atoms with Gasteiger partial charge in [0.15, 0.2) is 0 Å². The number of hydrogen-bond donors (Lipinski definition) is 1. The fourth-order valence-corrected chi connectivity index (χ4v) is 2.87. The van der Waals surface area contributed by atoms with E-state index in [1.165, 1.54) is 24.8 Å². The molecule has 0 aromatic heterocycles. The average molecular weight is 260 g/mol. The van der Waals surface area contributed by atoms with Gasteiger partial charge in [0, 0.05) is 7.05 Å². The highest BCUT2D eigenvalue weighted by molar-refractivity contribution is 5.80. The smallest absolute Gasteiger partial charge is 0.236 e. The summed E-state index contributed by atoms with van der Waals surface area (Å²) < 4.78 is 0. The van der Waals surface area contributed by atoms with Crippen molar-refractivity contribution in [1.82, 2.24) is 10.2 Å². The molecule has 3 heteroatoms. The van der Waals surface area contributed by atoms with Crippen LogP contribution in [0.3, 0.4) is 0 Å². The van der Waals surface area contributed by atoms with E-state index in [-0.39, 0.29) is 11.9 Å². The molecule has 0 saturated carbocycles. The number of piperidine rings is 1. The van der Waals surface area contributed by atoms with Crippen LogP contribution < -0.4 is 5.32 Å². The molecule has 1 aromatic carbocycles. The Balaban J connectivity index is 1.81. The summed E-state index contributed by atoms with van der Waals surface area (Å²) >= 11 is 0. The first-order valence-electron chi connectivity index (χ1n) is 7.20. The zero-order chi connectivity index (χ0) is 13.7. The van der Waals surface area contributed by atoms with Crippen molar-refractivity contribution in [3.8, 4) is 0 Å². The van der Waals surface area contributed by atoms with Crippen molar-refractivity contribution in [2.24, 2.45) is 5.92 Å². The standard InChI is InChI=1S/C16H24N2O/c1-13(16(19)17-2)18-10-8-15(9-11-18)12-14-6-4-3-5-7-14/h3-7,13,15H,8-12H2,1-2H3,(H,17,19). The van der Waals surface area contributed by atoms with Crippen LogP contribution in [0.4, 0.5) is 0 Å². The highest BCUT2D eigenvalue weighted by atomic mass is 16.2. The van der Waals surface area contributed by atoms with Crippen LogP contribution in [0.15, 0.2) is 30.3 Å². The molecule has 19 heavy (non-hydrogen) atoms. The Kier molecular flexibility index (Phi) is 4.97. The predicted octanol–water partition coefficient (Wildman–Crippen LogP) is 2.08. The first-order chi connectivity index (χ1) is 9.20. The summed E-state index contributed by atoms with van der Waals surface area (Å²) in [5.74, 6) is 0.886. The van der Waals surface area contributed by atoms with Crippen LogP contribution in [0.1, 0.15) is 25.3 Å². The van der Waals surface area contributed by atoms with Gasteiger partial charge in [0.05, 0.1) is 6.04 Å². The minimum Gasteiger partial charge on any atom is -0.358 e. The lowest BCUT2D eigenvalue weighted by Gasteiger charge is -2.35. The Morgan fingerprint density at radius 1 is 1.32 bits per heavy atom. The van der Waals surface area contributed by atoms with Crippen LogP contribution >= 0.6 is 0 Å². The van der Waals surface area contributed by atoms with Crippen molar-refractivity contribution >= 4 is 5.91 Å². The number of nitrogens with one attached hydrogen (secondary N) is 1. The van der Waals surface area contributed by atoms with Crippen LogP contribution in [0, 0.1) is 5.92 Å². The van der Waals surface area contributed by atoms with Gasteiger partial charge in [-0.05, 0) is 50.8 Å². The maximum absolute atomic E-state index is 11.6. The zero-order valence-electron chi connectivity index (χ0n) is 11.9. The quantitative estimate of drug-likeness (QED) is 0.899. The molecule has 1 atom stereocenters. The zero-order valence-corrected chi connectivity index (χ0v) is 11.9. The van der Waals surface area contributed by atoms with Gasteiger partial charge in [-0.25, -0.2) is 0 Å². The van der Waals surface area contributed by atoms with Crippen molar-refractivity contribution in [3.05, 3.63) is 35.9 Å². The van der Waals surface area contributed by atoms with E-state index in [2.05, 4.69) is 40.5 Å². The Bertz CT molecular complexity index is 396. The number of carbonyl (C=O) groups is 1. The SMILES string of the molecule is CNC(=O)C(C)N1CCC(Cc2ccccc2)CC1. The van der Waals surface area contributed by atoms with Crippen molar-refractivity contribution < 1.29 is 4.79 Å². The van der Waals surface area contributed by atoms with E-state index in [9.17, 15) is 4.79 Å². The molecule has 1 unspecified atom stereocenters. The van der Waals surface area contributed by atoms with Gasteiger partial charge in [-0.2, -0.15) is 0 Å². The summed E-state index contributed by atoms with van der Waals surface area (Å²) in [4.78, 5) is 13.9. The molecule has 1 aliphatic heterocycles. The first kappa shape index (κ1) is 14.1. The number of carbonyl (C=O) groups excluding carboxylic acids is 1. The van der Waals surface area contributed by atoms with E-state index in [1.54, 1.807) is 7.05 Å². The van der Waals surface area contributed by atoms with Crippen molar-refractivity contribution in [1.29, 1.82) is 0 Å². The summed E-state index contributed by atoms with van der Waals surface area (Å²) in [7, 11) is 1.71. The number of likely N-dealkylation sites (tertiary alicyclic amines) is 1. The van der Waals surface area contributed by atoms with E-state index in [1.807, 2.05) is 6.92 Å². The third kappa shape index (κ3) is 3.80. The molecule has 1 fully saturated rings. The fourth-order valence-electron chi connectivity index (χ4n) is 2.87. The van der Waals surface area contributed by atoms with E-state index < -0.39 is 0 Å². The highest BCUT2D eigenvalue weighted by Crippen LogP contribution is 2.22.